The van der Waals surface area contributed by atoms with Crippen LogP contribution >= 0.6 is 0 Å². The number of nitrogens with one attached hydrogen (secondary N) is 2. The maximum atomic E-state index is 13.4. The Kier molecular flexibility index (Phi) is 13.1. The molecule has 0 bridgehead atoms. The molecule has 16 heteroatoms. The highest BCUT2D eigenvalue weighted by molar-refractivity contribution is 6.97. The number of ether oxygens (including phenoxy) is 2. The fourth-order valence-corrected chi connectivity index (χ4v) is 10.1. The van der Waals surface area contributed by atoms with Gasteiger partial charge in [0.25, 0.3) is 5.91 Å². The number of carbonyl (C=O) groups is 2. The number of carboxylic acid groups (broad SMARTS) is 1. The molecule has 3 N–H and O–H groups in total. The van der Waals surface area contributed by atoms with Crippen LogP contribution < -0.4 is 20.7 Å². The molecule has 0 saturated heterocycles. The zero-order valence-corrected chi connectivity index (χ0v) is 33.5. The summed E-state index contributed by atoms with van der Waals surface area (Å²) in [5.74, 6) is -1.55. The van der Waals surface area contributed by atoms with E-state index in [0.29, 0.717) is 11.6 Å². The molecule has 9 nitrogen and oxygen atoms in total. The fraction of sp³-hybridized carbons (Fsp3) is 0.366. The predicted octanol–water partition coefficient (Wildman–Crippen LogP) is 7.06. The van der Waals surface area contributed by atoms with Gasteiger partial charge in [-0.1, -0.05) is 37.4 Å². The van der Waals surface area contributed by atoms with Crippen molar-refractivity contribution in [3.05, 3.63) is 117 Å². The van der Waals surface area contributed by atoms with E-state index in [4.69, 9.17) is 9.47 Å². The zero-order valence-electron chi connectivity index (χ0n) is 32.5. The van der Waals surface area contributed by atoms with Crippen molar-refractivity contribution in [2.24, 2.45) is 0 Å². The third-order valence-corrected chi connectivity index (χ3v) is 13.5. The van der Waals surface area contributed by atoms with Crippen molar-refractivity contribution in [3.8, 4) is 0 Å². The molecule has 3 aromatic rings. The lowest BCUT2D eigenvalue weighted by Gasteiger charge is -2.40. The first-order chi connectivity index (χ1) is 26.7. The van der Waals surface area contributed by atoms with Gasteiger partial charge in [0.1, 0.15) is 8.07 Å². The summed E-state index contributed by atoms with van der Waals surface area (Å²) in [6.45, 7) is 4.86. The van der Waals surface area contributed by atoms with Crippen LogP contribution in [0.4, 0.5) is 37.7 Å². The molecule has 1 atom stereocenters. The van der Waals surface area contributed by atoms with Gasteiger partial charge in [0.05, 0.1) is 43.1 Å². The first-order valence-electron chi connectivity index (χ1n) is 18.2. The number of alkyl halides is 6. The average Bonchev–Trinajstić information content (AvgIpc) is 3.14. The van der Waals surface area contributed by atoms with Gasteiger partial charge in [0, 0.05) is 50.2 Å². The molecule has 1 aliphatic heterocycles. The summed E-state index contributed by atoms with van der Waals surface area (Å²) < 4.78 is 89.7. The molecule has 1 heterocycles. The summed E-state index contributed by atoms with van der Waals surface area (Å²) in [6, 6.07) is 12.3. The van der Waals surface area contributed by atoms with E-state index in [1.165, 1.54) is 22.5 Å². The number of benzene rings is 3. The lowest BCUT2D eigenvalue weighted by molar-refractivity contribution is -0.142. The number of halogens is 6. The van der Waals surface area contributed by atoms with E-state index in [2.05, 4.69) is 52.9 Å². The molecule has 0 spiro atoms. The lowest BCUT2D eigenvalue weighted by atomic mass is 9.86. The number of hydrogen-bond donors (Lipinski definition) is 3. The summed E-state index contributed by atoms with van der Waals surface area (Å²) in [7, 11) is 5.70. The summed E-state index contributed by atoms with van der Waals surface area (Å²) in [4.78, 5) is 30.2. The molecule has 1 amide bonds. The van der Waals surface area contributed by atoms with Gasteiger partial charge < -0.3 is 30.1 Å². The zero-order chi connectivity index (χ0) is 41.9. The van der Waals surface area contributed by atoms with Crippen LogP contribution in [-0.2, 0) is 21.8 Å². The van der Waals surface area contributed by atoms with Crippen molar-refractivity contribution >= 4 is 42.1 Å². The highest BCUT2D eigenvalue weighted by atomic mass is 28.3. The highest BCUT2D eigenvalue weighted by Gasteiger charge is 2.41. The monoisotopic (exact) mass is 816 g/mol. The van der Waals surface area contributed by atoms with E-state index in [0.717, 1.165) is 28.5 Å². The van der Waals surface area contributed by atoms with Crippen molar-refractivity contribution < 1.29 is 50.5 Å². The maximum Gasteiger partial charge on any atom is 0.418 e. The van der Waals surface area contributed by atoms with Crippen molar-refractivity contribution in [3.63, 3.8) is 0 Å². The second-order valence-corrected chi connectivity index (χ2v) is 19.0. The fourth-order valence-electron chi connectivity index (χ4n) is 6.92. The van der Waals surface area contributed by atoms with Gasteiger partial charge in [0.15, 0.2) is 0 Å². The van der Waals surface area contributed by atoms with E-state index in [1.807, 2.05) is 45.2 Å². The molecule has 3 aromatic carbocycles. The van der Waals surface area contributed by atoms with Gasteiger partial charge in [-0.25, -0.2) is 4.79 Å². The SMILES string of the molecule is CN(C)c1ccc2c(c1)[Si](C)(C)C1=CC(N(C)C)C=CC1=C2c1cc(C(=O)NCCOCCOCCNc2ccc(C(F)(F)F)cc2C(F)(F)F)ccc1C(=O)O. The molecule has 1 unspecified atom stereocenters. The summed E-state index contributed by atoms with van der Waals surface area (Å²) in [6.07, 6.45) is -3.46. The Morgan fingerprint density at radius 2 is 1.51 bits per heavy atom. The number of hydrogen-bond acceptors (Lipinski definition) is 7. The van der Waals surface area contributed by atoms with Gasteiger partial charge in [0.2, 0.25) is 0 Å². The second kappa shape index (κ2) is 17.3. The normalized spacial score (nSPS) is 16.2. The number of fused-ring (bicyclic) bond motifs is 2. The van der Waals surface area contributed by atoms with E-state index >= 15 is 0 Å². The number of anilines is 2. The molecule has 0 fully saturated rings. The van der Waals surface area contributed by atoms with Crippen LogP contribution in [0.1, 0.15) is 43.0 Å². The van der Waals surface area contributed by atoms with Crippen LogP contribution in [0, 0.1) is 0 Å². The van der Waals surface area contributed by atoms with Gasteiger partial charge in [-0.05, 0) is 95.3 Å². The Labute approximate surface area is 328 Å². The minimum Gasteiger partial charge on any atom is -0.478 e. The highest BCUT2D eigenvalue weighted by Crippen LogP contribution is 2.44. The van der Waals surface area contributed by atoms with Crippen molar-refractivity contribution in [2.75, 3.05) is 77.9 Å². The molecule has 57 heavy (non-hydrogen) atoms. The maximum absolute atomic E-state index is 13.4. The molecule has 2 aliphatic rings. The van der Waals surface area contributed by atoms with Gasteiger partial charge in [-0.2, -0.15) is 26.3 Å². The summed E-state index contributed by atoms with van der Waals surface area (Å²) in [5.41, 5.74) is 1.13. The Hall–Kier alpha value is -4.90. The first kappa shape index (κ1) is 43.2. The second-order valence-electron chi connectivity index (χ2n) is 14.7. The first-order valence-corrected chi connectivity index (χ1v) is 21.2. The van der Waals surface area contributed by atoms with Crippen molar-refractivity contribution in [1.29, 1.82) is 0 Å². The van der Waals surface area contributed by atoms with E-state index < -0.39 is 49.1 Å². The Bertz CT molecular complexity index is 2090. The number of carboxylic acids is 1. The minimum atomic E-state index is -4.99. The quantitative estimate of drug-likeness (QED) is 0.0852. The smallest absolute Gasteiger partial charge is 0.418 e. The molecule has 5 rings (SSSR count). The van der Waals surface area contributed by atoms with Crippen LogP contribution in [-0.4, -0.2) is 104 Å². The van der Waals surface area contributed by atoms with Crippen LogP contribution in [0.2, 0.25) is 13.1 Å². The topological polar surface area (TPSA) is 103 Å². The Morgan fingerprint density at radius 1 is 0.825 bits per heavy atom. The largest absolute Gasteiger partial charge is 0.478 e. The Balaban J connectivity index is 1.22. The number of likely N-dealkylation sites (N-methyl/N-ethyl adjacent to an activating group) is 1. The van der Waals surface area contributed by atoms with Crippen molar-refractivity contribution in [2.45, 2.75) is 31.5 Å². The third kappa shape index (κ3) is 9.80. The molecule has 1 aliphatic carbocycles. The Morgan fingerprint density at radius 3 is 2.12 bits per heavy atom. The van der Waals surface area contributed by atoms with Crippen LogP contribution in [0.25, 0.3) is 5.57 Å². The minimum absolute atomic E-state index is 0.0461. The number of carbonyl (C=O) groups excluding carboxylic acids is 1. The van der Waals surface area contributed by atoms with E-state index in [9.17, 15) is 41.0 Å². The number of allylic oxidation sites excluding steroid dienone is 3. The third-order valence-electron chi connectivity index (χ3n) is 9.99. The number of nitrogens with zero attached hydrogens (tertiary/aromatic N) is 2. The van der Waals surface area contributed by atoms with Crippen molar-refractivity contribution in [1.82, 2.24) is 10.2 Å². The molecule has 0 radical (unpaired) electrons. The van der Waals surface area contributed by atoms with Crippen LogP contribution in [0.15, 0.2) is 83.6 Å². The molecule has 306 valence electrons. The van der Waals surface area contributed by atoms with E-state index in [-0.39, 0.29) is 62.8 Å². The van der Waals surface area contributed by atoms with Gasteiger partial charge in [-0.3, -0.25) is 9.69 Å². The molecular weight excluding hydrogens is 771 g/mol. The number of aromatic carboxylic acids is 1. The van der Waals surface area contributed by atoms with Crippen LogP contribution in [0.3, 0.4) is 0 Å². The predicted molar refractivity (Wildman–Crippen MR) is 211 cm³/mol. The number of amides is 1. The molecular formula is C41H46F6N4O5Si. The number of rotatable bonds is 15. The summed E-state index contributed by atoms with van der Waals surface area (Å²) >= 11 is 0. The standard InChI is InChI=1S/C41H46F6N4O5Si/c1-50(2)27-9-12-30-35(23-27)57(5,6)36-24-28(51(3)4)10-13-31(36)37(30)32-21-25(7-11-29(32)39(53)54)38(52)49-16-18-56-20-19-55-17-15-48-34-14-8-26(40(42,43)44)22-33(34)41(45,46)47/h7-14,21-24,27,48H,15-20H2,1-6H3,(H,49,52)(H,53,54). The van der Waals surface area contributed by atoms with Gasteiger partial charge in [-0.15, -0.1) is 0 Å². The van der Waals surface area contributed by atoms with Gasteiger partial charge >= 0.3 is 18.3 Å². The average molecular weight is 817 g/mol. The molecule has 0 saturated carbocycles. The van der Waals surface area contributed by atoms with Crippen LogP contribution in [0.5, 0.6) is 0 Å². The summed E-state index contributed by atoms with van der Waals surface area (Å²) in [5, 5.41) is 18.0. The lowest BCUT2D eigenvalue weighted by Crippen LogP contribution is -2.50. The molecule has 0 aromatic heterocycles. The van der Waals surface area contributed by atoms with E-state index in [1.54, 1.807) is 6.07 Å².